The molecular formula is C27H22N2O6. The zero-order valence-corrected chi connectivity index (χ0v) is 19.2. The number of anilines is 2. The van der Waals surface area contributed by atoms with Gasteiger partial charge in [0.1, 0.15) is 11.5 Å². The van der Waals surface area contributed by atoms with Crippen molar-refractivity contribution in [1.29, 1.82) is 0 Å². The molecule has 3 aromatic carbocycles. The first-order valence-electron chi connectivity index (χ1n) is 11.1. The summed E-state index contributed by atoms with van der Waals surface area (Å²) in [5.74, 6) is -1.10. The number of benzene rings is 3. The molecule has 0 spiro atoms. The van der Waals surface area contributed by atoms with Gasteiger partial charge in [0, 0.05) is 18.7 Å². The molecule has 1 saturated heterocycles. The minimum Gasteiger partial charge on any atom is -0.497 e. The summed E-state index contributed by atoms with van der Waals surface area (Å²) in [4.78, 5) is 53.6. The van der Waals surface area contributed by atoms with E-state index in [-0.39, 0.29) is 36.4 Å². The van der Waals surface area contributed by atoms with Crippen LogP contribution in [0.15, 0.2) is 66.7 Å². The largest absolute Gasteiger partial charge is 0.497 e. The molecule has 0 aliphatic carbocycles. The SMILES string of the molecule is COc1ccc(N2C[C@@H](C(=O)Oc3ccc(N4C(=O)c5ccccc5C4=O)c(C)c3)CC2=O)cc1. The fourth-order valence-corrected chi connectivity index (χ4v) is 4.43. The number of fused-ring (bicyclic) bond motifs is 1. The molecule has 2 heterocycles. The molecule has 0 aromatic heterocycles. The van der Waals surface area contributed by atoms with Crippen LogP contribution in [0.3, 0.4) is 0 Å². The van der Waals surface area contributed by atoms with E-state index in [1.807, 2.05) is 0 Å². The molecular weight excluding hydrogens is 448 g/mol. The molecule has 5 rings (SSSR count). The van der Waals surface area contributed by atoms with Gasteiger partial charge in [0.25, 0.3) is 11.8 Å². The number of carbonyl (C=O) groups excluding carboxylic acids is 4. The predicted molar refractivity (Wildman–Crippen MR) is 128 cm³/mol. The zero-order valence-electron chi connectivity index (χ0n) is 19.2. The van der Waals surface area contributed by atoms with E-state index >= 15 is 0 Å². The van der Waals surface area contributed by atoms with Crippen LogP contribution in [0.4, 0.5) is 11.4 Å². The van der Waals surface area contributed by atoms with Gasteiger partial charge in [0.15, 0.2) is 0 Å². The second kappa shape index (κ2) is 8.72. The van der Waals surface area contributed by atoms with E-state index in [2.05, 4.69) is 0 Å². The standard InChI is InChI=1S/C27H22N2O6/c1-16-13-20(11-12-23(16)29-25(31)21-5-3-4-6-22(21)26(29)32)35-27(33)17-14-24(30)28(15-17)18-7-9-19(34-2)10-8-18/h3-13,17H,14-15H2,1-2H3/t17-/m0/s1. The third-order valence-electron chi connectivity index (χ3n) is 6.26. The van der Waals surface area contributed by atoms with Crippen molar-refractivity contribution < 1.29 is 28.7 Å². The number of aryl methyl sites for hydroxylation is 1. The van der Waals surface area contributed by atoms with Gasteiger partial charge in [-0.25, -0.2) is 4.90 Å². The van der Waals surface area contributed by atoms with E-state index in [1.165, 1.54) is 0 Å². The van der Waals surface area contributed by atoms with Crippen LogP contribution < -0.4 is 19.3 Å². The highest BCUT2D eigenvalue weighted by Crippen LogP contribution is 2.33. The Balaban J connectivity index is 1.29. The first kappa shape index (κ1) is 22.3. The quantitative estimate of drug-likeness (QED) is 0.320. The molecule has 8 nitrogen and oxygen atoms in total. The molecule has 8 heteroatoms. The molecule has 3 aromatic rings. The van der Waals surface area contributed by atoms with Crippen LogP contribution in [-0.2, 0) is 9.59 Å². The Labute approximate surface area is 201 Å². The molecule has 1 atom stereocenters. The lowest BCUT2D eigenvalue weighted by Crippen LogP contribution is -2.30. The summed E-state index contributed by atoms with van der Waals surface area (Å²) in [5, 5.41) is 0. The van der Waals surface area contributed by atoms with Crippen LogP contribution in [0.5, 0.6) is 11.5 Å². The Hall–Kier alpha value is -4.46. The monoisotopic (exact) mass is 470 g/mol. The highest BCUT2D eigenvalue weighted by molar-refractivity contribution is 6.34. The van der Waals surface area contributed by atoms with Crippen LogP contribution in [-0.4, -0.2) is 37.3 Å². The molecule has 0 saturated carbocycles. The van der Waals surface area contributed by atoms with Crippen LogP contribution in [0.25, 0.3) is 0 Å². The van der Waals surface area contributed by atoms with Crippen LogP contribution >= 0.6 is 0 Å². The van der Waals surface area contributed by atoms with Gasteiger partial charge in [-0.3, -0.25) is 19.2 Å². The molecule has 0 unspecified atom stereocenters. The number of amides is 3. The smallest absolute Gasteiger partial charge is 0.316 e. The number of esters is 1. The average molecular weight is 470 g/mol. The van der Waals surface area contributed by atoms with Crippen molar-refractivity contribution in [3.8, 4) is 11.5 Å². The van der Waals surface area contributed by atoms with Crippen molar-refractivity contribution in [2.75, 3.05) is 23.5 Å². The third kappa shape index (κ3) is 3.93. The van der Waals surface area contributed by atoms with E-state index in [0.29, 0.717) is 33.8 Å². The molecule has 3 amide bonds. The highest BCUT2D eigenvalue weighted by Gasteiger charge is 2.38. The molecule has 0 N–H and O–H groups in total. The van der Waals surface area contributed by atoms with E-state index in [9.17, 15) is 19.2 Å². The fourth-order valence-electron chi connectivity index (χ4n) is 4.43. The van der Waals surface area contributed by atoms with Gasteiger partial charge >= 0.3 is 5.97 Å². The van der Waals surface area contributed by atoms with Gasteiger partial charge in [-0.1, -0.05) is 12.1 Å². The lowest BCUT2D eigenvalue weighted by Gasteiger charge is -2.18. The first-order chi connectivity index (χ1) is 16.9. The zero-order chi connectivity index (χ0) is 24.7. The maximum Gasteiger partial charge on any atom is 0.316 e. The second-order valence-corrected chi connectivity index (χ2v) is 8.46. The number of rotatable bonds is 5. The molecule has 2 aliphatic rings. The second-order valence-electron chi connectivity index (χ2n) is 8.46. The first-order valence-corrected chi connectivity index (χ1v) is 11.1. The average Bonchev–Trinajstić information content (AvgIpc) is 3.37. The van der Waals surface area contributed by atoms with Crippen LogP contribution in [0.2, 0.25) is 0 Å². The van der Waals surface area contributed by atoms with Crippen molar-refractivity contribution in [2.45, 2.75) is 13.3 Å². The van der Waals surface area contributed by atoms with Crippen molar-refractivity contribution in [3.63, 3.8) is 0 Å². The molecule has 2 aliphatic heterocycles. The molecule has 0 bridgehead atoms. The normalized spacial score (nSPS) is 17.1. The lowest BCUT2D eigenvalue weighted by atomic mass is 10.1. The number of methoxy groups -OCH3 is 1. The van der Waals surface area contributed by atoms with Crippen LogP contribution in [0.1, 0.15) is 32.7 Å². The van der Waals surface area contributed by atoms with Crippen molar-refractivity contribution in [1.82, 2.24) is 0 Å². The van der Waals surface area contributed by atoms with Crippen LogP contribution in [0, 0.1) is 12.8 Å². The van der Waals surface area contributed by atoms with Gasteiger partial charge in [-0.15, -0.1) is 0 Å². The Bertz CT molecular complexity index is 1330. The maximum atomic E-state index is 12.8. The Morgan fingerprint density at radius 2 is 1.51 bits per heavy atom. The topological polar surface area (TPSA) is 93.2 Å². The summed E-state index contributed by atoms with van der Waals surface area (Å²) in [6, 6.07) is 18.5. The van der Waals surface area contributed by atoms with E-state index in [0.717, 1.165) is 4.90 Å². The summed E-state index contributed by atoms with van der Waals surface area (Å²) in [6.07, 6.45) is 0.0525. The van der Waals surface area contributed by atoms with Gasteiger partial charge < -0.3 is 14.4 Å². The summed E-state index contributed by atoms with van der Waals surface area (Å²) in [7, 11) is 1.57. The van der Waals surface area contributed by atoms with Gasteiger partial charge in [0.2, 0.25) is 5.91 Å². The van der Waals surface area contributed by atoms with E-state index in [1.54, 1.807) is 85.7 Å². The molecule has 1 fully saturated rings. The van der Waals surface area contributed by atoms with Gasteiger partial charge in [-0.2, -0.15) is 0 Å². The number of ether oxygens (including phenoxy) is 2. The fraction of sp³-hybridized carbons (Fsp3) is 0.185. The summed E-state index contributed by atoms with van der Waals surface area (Å²) in [5.41, 5.74) is 2.44. The molecule has 0 radical (unpaired) electrons. The summed E-state index contributed by atoms with van der Waals surface area (Å²) >= 11 is 0. The number of imide groups is 1. The maximum absolute atomic E-state index is 12.8. The summed E-state index contributed by atoms with van der Waals surface area (Å²) < 4.78 is 10.7. The van der Waals surface area contributed by atoms with Crippen molar-refractivity contribution in [3.05, 3.63) is 83.4 Å². The van der Waals surface area contributed by atoms with Gasteiger partial charge in [-0.05, 0) is 67.1 Å². The number of nitrogens with zero attached hydrogens (tertiary/aromatic N) is 2. The lowest BCUT2D eigenvalue weighted by molar-refractivity contribution is -0.139. The number of hydrogen-bond donors (Lipinski definition) is 0. The van der Waals surface area contributed by atoms with E-state index < -0.39 is 11.9 Å². The number of hydrogen-bond acceptors (Lipinski definition) is 6. The van der Waals surface area contributed by atoms with E-state index in [4.69, 9.17) is 9.47 Å². The Morgan fingerprint density at radius 3 is 2.11 bits per heavy atom. The van der Waals surface area contributed by atoms with Crippen molar-refractivity contribution >= 4 is 35.1 Å². The third-order valence-corrected chi connectivity index (χ3v) is 6.26. The highest BCUT2D eigenvalue weighted by atomic mass is 16.5. The molecule has 35 heavy (non-hydrogen) atoms. The summed E-state index contributed by atoms with van der Waals surface area (Å²) in [6.45, 7) is 1.96. The minimum absolute atomic E-state index is 0.0525. The Kier molecular flexibility index (Phi) is 5.56. The van der Waals surface area contributed by atoms with Crippen molar-refractivity contribution in [2.24, 2.45) is 5.92 Å². The number of carbonyl (C=O) groups is 4. The molecule has 176 valence electrons. The van der Waals surface area contributed by atoms with Gasteiger partial charge in [0.05, 0.1) is 29.8 Å². The minimum atomic E-state index is -0.610. The Morgan fingerprint density at radius 1 is 0.886 bits per heavy atom. The predicted octanol–water partition coefficient (Wildman–Crippen LogP) is 3.76.